The lowest BCUT2D eigenvalue weighted by atomic mass is 10.1. The highest BCUT2D eigenvalue weighted by Gasteiger charge is 2.28. The van der Waals surface area contributed by atoms with E-state index in [0.29, 0.717) is 13.2 Å². The van der Waals surface area contributed by atoms with E-state index in [4.69, 9.17) is 9.47 Å². The predicted octanol–water partition coefficient (Wildman–Crippen LogP) is 3.32. The van der Waals surface area contributed by atoms with Crippen molar-refractivity contribution in [3.63, 3.8) is 0 Å². The fourth-order valence-electron chi connectivity index (χ4n) is 1.78. The predicted molar refractivity (Wildman–Crippen MR) is 72.3 cm³/mol. The molecular formula is C13H18BrNO2. The minimum Gasteiger partial charge on any atom is -0.377 e. The molecule has 0 amide bonds. The molecule has 0 aliphatic carbocycles. The fourth-order valence-corrected chi connectivity index (χ4v) is 2.26. The zero-order valence-electron chi connectivity index (χ0n) is 10.4. The monoisotopic (exact) mass is 299 g/mol. The second-order valence-corrected chi connectivity index (χ2v) is 5.74. The van der Waals surface area contributed by atoms with Crippen molar-refractivity contribution < 1.29 is 9.47 Å². The molecule has 17 heavy (non-hydrogen) atoms. The van der Waals surface area contributed by atoms with Crippen LogP contribution in [0.2, 0.25) is 0 Å². The first kappa shape index (κ1) is 12.9. The number of ether oxygens (including phenoxy) is 2. The molecule has 2 rings (SSSR count). The van der Waals surface area contributed by atoms with Crippen LogP contribution in [0.1, 0.15) is 19.4 Å². The molecule has 0 radical (unpaired) electrons. The van der Waals surface area contributed by atoms with Crippen LogP contribution in [0.4, 0.5) is 5.69 Å². The topological polar surface area (TPSA) is 30.5 Å². The second kappa shape index (κ2) is 4.96. The van der Waals surface area contributed by atoms with Crippen LogP contribution in [0.25, 0.3) is 0 Å². The fraction of sp³-hybridized carbons (Fsp3) is 0.538. The first-order chi connectivity index (χ1) is 7.96. The molecule has 0 unspecified atom stereocenters. The van der Waals surface area contributed by atoms with Crippen LogP contribution in [-0.2, 0) is 9.47 Å². The van der Waals surface area contributed by atoms with Crippen LogP contribution in [0.3, 0.4) is 0 Å². The lowest BCUT2D eigenvalue weighted by Crippen LogP contribution is -2.45. The maximum Gasteiger partial charge on any atom is 0.162 e. The number of aryl methyl sites for hydroxylation is 1. The largest absolute Gasteiger partial charge is 0.377 e. The van der Waals surface area contributed by atoms with Crippen LogP contribution in [0, 0.1) is 6.92 Å². The Morgan fingerprint density at radius 3 is 2.53 bits per heavy atom. The van der Waals surface area contributed by atoms with Crippen molar-refractivity contribution in [1.82, 2.24) is 0 Å². The van der Waals surface area contributed by atoms with Crippen LogP contribution in [0.15, 0.2) is 22.7 Å². The third-order valence-corrected chi connectivity index (χ3v) is 3.31. The highest BCUT2D eigenvalue weighted by Crippen LogP contribution is 2.23. The van der Waals surface area contributed by atoms with Crippen molar-refractivity contribution in [3.8, 4) is 0 Å². The van der Waals surface area contributed by atoms with E-state index in [-0.39, 0.29) is 6.04 Å². The van der Waals surface area contributed by atoms with E-state index in [2.05, 4.69) is 40.3 Å². The summed E-state index contributed by atoms with van der Waals surface area (Å²) in [7, 11) is 0. The third kappa shape index (κ3) is 3.44. The second-order valence-electron chi connectivity index (χ2n) is 4.82. The van der Waals surface area contributed by atoms with Gasteiger partial charge in [-0.2, -0.15) is 0 Å². The van der Waals surface area contributed by atoms with Gasteiger partial charge >= 0.3 is 0 Å². The Kier molecular flexibility index (Phi) is 3.76. The van der Waals surface area contributed by atoms with Gasteiger partial charge < -0.3 is 14.8 Å². The van der Waals surface area contributed by atoms with E-state index in [1.165, 1.54) is 5.56 Å². The molecule has 1 fully saturated rings. The van der Waals surface area contributed by atoms with E-state index < -0.39 is 5.79 Å². The van der Waals surface area contributed by atoms with Gasteiger partial charge in [-0.1, -0.05) is 15.9 Å². The summed E-state index contributed by atoms with van der Waals surface area (Å²) in [6.07, 6.45) is 0. The molecule has 1 aromatic carbocycles. The molecule has 1 aromatic rings. The van der Waals surface area contributed by atoms with Gasteiger partial charge in [-0.25, -0.2) is 0 Å². The molecule has 94 valence electrons. The number of hydrogen-bond acceptors (Lipinski definition) is 3. The average Bonchev–Trinajstić information content (AvgIpc) is 2.25. The number of nitrogens with one attached hydrogen (secondary N) is 1. The van der Waals surface area contributed by atoms with Crippen molar-refractivity contribution in [2.24, 2.45) is 0 Å². The van der Waals surface area contributed by atoms with Crippen molar-refractivity contribution >= 4 is 21.6 Å². The van der Waals surface area contributed by atoms with E-state index in [0.717, 1.165) is 10.2 Å². The summed E-state index contributed by atoms with van der Waals surface area (Å²) in [5.74, 6) is -0.451. The van der Waals surface area contributed by atoms with Crippen molar-refractivity contribution in [1.29, 1.82) is 0 Å². The Morgan fingerprint density at radius 2 is 1.94 bits per heavy atom. The number of hydrogen-bond donors (Lipinski definition) is 1. The quantitative estimate of drug-likeness (QED) is 0.909. The summed E-state index contributed by atoms with van der Waals surface area (Å²) in [5.41, 5.74) is 2.34. The highest BCUT2D eigenvalue weighted by molar-refractivity contribution is 9.10. The van der Waals surface area contributed by atoms with E-state index >= 15 is 0 Å². The highest BCUT2D eigenvalue weighted by atomic mass is 79.9. The number of halogens is 1. The summed E-state index contributed by atoms with van der Waals surface area (Å²) in [4.78, 5) is 0. The lowest BCUT2D eigenvalue weighted by molar-refractivity contribution is -0.247. The third-order valence-electron chi connectivity index (χ3n) is 2.81. The van der Waals surface area contributed by atoms with Gasteiger partial charge in [0.25, 0.3) is 0 Å². The van der Waals surface area contributed by atoms with E-state index in [9.17, 15) is 0 Å². The zero-order valence-corrected chi connectivity index (χ0v) is 12.0. The minimum atomic E-state index is -0.451. The van der Waals surface area contributed by atoms with Gasteiger partial charge in [-0.05, 0) is 44.5 Å². The zero-order chi connectivity index (χ0) is 12.5. The summed E-state index contributed by atoms with van der Waals surface area (Å²) in [5, 5.41) is 3.44. The van der Waals surface area contributed by atoms with Crippen LogP contribution in [0.5, 0.6) is 0 Å². The van der Waals surface area contributed by atoms with Crippen molar-refractivity contribution in [2.45, 2.75) is 32.6 Å². The van der Waals surface area contributed by atoms with Gasteiger partial charge in [0.1, 0.15) is 0 Å². The number of anilines is 1. The SMILES string of the molecule is Cc1cc(Br)ccc1NC1COC(C)(C)OC1. The molecule has 1 saturated heterocycles. The van der Waals surface area contributed by atoms with Gasteiger partial charge in [-0.15, -0.1) is 0 Å². The molecule has 0 bridgehead atoms. The Morgan fingerprint density at radius 1 is 1.29 bits per heavy atom. The number of rotatable bonds is 2. The summed E-state index contributed by atoms with van der Waals surface area (Å²) in [6, 6.07) is 6.41. The Hall–Kier alpha value is -0.580. The van der Waals surface area contributed by atoms with Crippen molar-refractivity contribution in [2.75, 3.05) is 18.5 Å². The summed E-state index contributed by atoms with van der Waals surface area (Å²) in [6.45, 7) is 7.30. The smallest absolute Gasteiger partial charge is 0.162 e. The van der Waals surface area contributed by atoms with Crippen LogP contribution >= 0.6 is 15.9 Å². The minimum absolute atomic E-state index is 0.211. The van der Waals surface area contributed by atoms with Gasteiger partial charge in [0, 0.05) is 10.2 Å². The van der Waals surface area contributed by atoms with Crippen LogP contribution < -0.4 is 5.32 Å². The lowest BCUT2D eigenvalue weighted by Gasteiger charge is -2.35. The summed E-state index contributed by atoms with van der Waals surface area (Å²) < 4.78 is 12.3. The molecule has 0 aromatic heterocycles. The maximum atomic E-state index is 5.62. The molecule has 1 aliphatic heterocycles. The van der Waals surface area contributed by atoms with Crippen molar-refractivity contribution in [3.05, 3.63) is 28.2 Å². The Labute approximate surface area is 111 Å². The molecule has 3 nitrogen and oxygen atoms in total. The first-order valence-corrected chi connectivity index (χ1v) is 6.56. The van der Waals surface area contributed by atoms with Crippen LogP contribution in [-0.4, -0.2) is 25.0 Å². The molecule has 1 N–H and O–H groups in total. The Balaban J connectivity index is 1.98. The molecule has 4 heteroatoms. The standard InChI is InChI=1S/C13H18BrNO2/c1-9-6-10(14)4-5-12(9)15-11-7-16-13(2,3)17-8-11/h4-6,11,15H,7-8H2,1-3H3. The Bertz CT molecular complexity index is 396. The first-order valence-electron chi connectivity index (χ1n) is 5.77. The average molecular weight is 300 g/mol. The molecule has 0 atom stereocenters. The number of benzene rings is 1. The summed E-state index contributed by atoms with van der Waals surface area (Å²) >= 11 is 3.46. The van der Waals surface area contributed by atoms with E-state index in [1.54, 1.807) is 0 Å². The molecule has 0 spiro atoms. The van der Waals surface area contributed by atoms with E-state index in [1.807, 2.05) is 19.9 Å². The van der Waals surface area contributed by atoms with Gasteiger partial charge in [0.15, 0.2) is 5.79 Å². The van der Waals surface area contributed by atoms with Gasteiger partial charge in [0.2, 0.25) is 0 Å². The molecular weight excluding hydrogens is 282 g/mol. The van der Waals surface area contributed by atoms with Gasteiger partial charge in [-0.3, -0.25) is 0 Å². The molecule has 1 aliphatic rings. The molecule has 0 saturated carbocycles. The normalized spacial score (nSPS) is 20.2. The van der Waals surface area contributed by atoms with Gasteiger partial charge in [0.05, 0.1) is 19.3 Å². The molecule has 1 heterocycles. The maximum absolute atomic E-state index is 5.62.